The van der Waals surface area contributed by atoms with Crippen LogP contribution in [-0.4, -0.2) is 24.9 Å². The molecule has 0 N–H and O–H groups in total. The highest BCUT2D eigenvalue weighted by atomic mass is 32.1. The van der Waals surface area contributed by atoms with Gasteiger partial charge in [0.1, 0.15) is 0 Å². The van der Waals surface area contributed by atoms with Crippen LogP contribution < -0.4 is 9.80 Å². The second-order valence-corrected chi connectivity index (χ2v) is 12.4. The van der Waals surface area contributed by atoms with E-state index in [0.29, 0.717) is 16.8 Å². The normalized spacial score (nSPS) is 12.8. The summed E-state index contributed by atoms with van der Waals surface area (Å²) in [7, 11) is 0. The number of hydrogen-bond donors (Lipinski definition) is 0. The zero-order chi connectivity index (χ0) is 28.8. The summed E-state index contributed by atoms with van der Waals surface area (Å²) >= 11 is 3.53. The number of amides is 2. The maximum Gasteiger partial charge on any atom is 0.265 e. The molecule has 1 aliphatic heterocycles. The van der Waals surface area contributed by atoms with E-state index >= 15 is 0 Å². The molecule has 0 bridgehead atoms. The van der Waals surface area contributed by atoms with Crippen molar-refractivity contribution < 1.29 is 9.59 Å². The lowest BCUT2D eigenvalue weighted by Crippen LogP contribution is -2.40. The molecule has 2 amide bonds. The number of para-hydroxylation sites is 1. The third-order valence-electron chi connectivity index (χ3n) is 7.92. The molecular formula is C36H28N2O2S2. The minimum Gasteiger partial charge on any atom is -0.372 e. The van der Waals surface area contributed by atoms with Crippen molar-refractivity contribution in [1.82, 2.24) is 0 Å². The van der Waals surface area contributed by atoms with E-state index in [1.54, 1.807) is 34.8 Å². The minimum absolute atomic E-state index is 0.287. The molecule has 3 heterocycles. The van der Waals surface area contributed by atoms with Gasteiger partial charge in [-0.2, -0.15) is 0 Å². The second kappa shape index (κ2) is 10.7. The molecule has 0 radical (unpaired) electrons. The number of benzene rings is 4. The quantitative estimate of drug-likeness (QED) is 0.175. The molecule has 0 saturated heterocycles. The van der Waals surface area contributed by atoms with Crippen LogP contribution in [0.5, 0.6) is 0 Å². The summed E-state index contributed by atoms with van der Waals surface area (Å²) in [6.07, 6.45) is 0. The molecule has 0 aliphatic carbocycles. The third-order valence-corrected chi connectivity index (χ3v) is 10.4. The number of rotatable bonds is 7. The zero-order valence-corrected chi connectivity index (χ0v) is 25.0. The van der Waals surface area contributed by atoms with Gasteiger partial charge in [-0.25, -0.2) is 4.90 Å². The Morgan fingerprint density at radius 3 is 1.86 bits per heavy atom. The van der Waals surface area contributed by atoms with E-state index in [4.69, 9.17) is 0 Å². The highest BCUT2D eigenvalue weighted by Gasteiger charge is 2.34. The Bertz CT molecular complexity index is 1930. The van der Waals surface area contributed by atoms with Crippen molar-refractivity contribution in [2.75, 3.05) is 22.9 Å². The molecule has 0 saturated carbocycles. The zero-order valence-electron chi connectivity index (χ0n) is 23.3. The highest BCUT2D eigenvalue weighted by molar-refractivity contribution is 7.25. The van der Waals surface area contributed by atoms with Gasteiger partial charge in [0.2, 0.25) is 0 Å². The first-order chi connectivity index (χ1) is 20.6. The Labute approximate surface area is 253 Å². The maximum absolute atomic E-state index is 13.6. The fourth-order valence-electron chi connectivity index (χ4n) is 5.79. The molecule has 0 atom stereocenters. The summed E-state index contributed by atoms with van der Waals surface area (Å²) < 4.78 is 0. The summed E-state index contributed by atoms with van der Waals surface area (Å²) in [6.45, 7) is 6.36. The molecule has 206 valence electrons. The monoisotopic (exact) mass is 584 g/mol. The Hall–Kier alpha value is -4.52. The molecule has 2 aromatic heterocycles. The summed E-state index contributed by atoms with van der Waals surface area (Å²) in [5.41, 5.74) is 5.20. The maximum atomic E-state index is 13.6. The minimum atomic E-state index is -0.287. The largest absolute Gasteiger partial charge is 0.372 e. The Morgan fingerprint density at radius 2 is 1.17 bits per heavy atom. The molecule has 4 nitrogen and oxygen atoms in total. The van der Waals surface area contributed by atoms with Gasteiger partial charge in [-0.1, -0.05) is 48.5 Å². The lowest BCUT2D eigenvalue weighted by atomic mass is 9.90. The molecule has 4 aromatic carbocycles. The first kappa shape index (κ1) is 26.4. The third kappa shape index (κ3) is 4.35. The van der Waals surface area contributed by atoms with E-state index in [0.717, 1.165) is 34.3 Å². The van der Waals surface area contributed by atoms with Crippen LogP contribution in [0.4, 0.5) is 11.4 Å². The Kier molecular flexibility index (Phi) is 6.73. The van der Waals surface area contributed by atoms with E-state index in [1.807, 2.05) is 48.5 Å². The van der Waals surface area contributed by atoms with Crippen LogP contribution in [-0.2, 0) is 0 Å². The van der Waals surface area contributed by atoms with Crippen molar-refractivity contribution in [2.45, 2.75) is 13.8 Å². The van der Waals surface area contributed by atoms with Crippen molar-refractivity contribution in [2.24, 2.45) is 0 Å². The lowest BCUT2D eigenvalue weighted by Gasteiger charge is -2.27. The SMILES string of the molecule is CCN(CC)c1ccc(-c2ccc(-c3ccc(-c4ccc5c6c(cccc46)C(=O)N(c4ccccc4)C5=O)s3)s2)cc1. The van der Waals surface area contributed by atoms with E-state index in [9.17, 15) is 9.59 Å². The summed E-state index contributed by atoms with van der Waals surface area (Å²) in [6, 6.07) is 36.3. The van der Waals surface area contributed by atoms with Gasteiger partial charge in [-0.15, -0.1) is 22.7 Å². The topological polar surface area (TPSA) is 40.6 Å². The van der Waals surface area contributed by atoms with E-state index in [1.165, 1.54) is 30.8 Å². The van der Waals surface area contributed by atoms with E-state index in [-0.39, 0.29) is 11.8 Å². The molecular weight excluding hydrogens is 557 g/mol. The Balaban J connectivity index is 1.22. The van der Waals surface area contributed by atoms with Crippen molar-refractivity contribution in [1.29, 1.82) is 0 Å². The standard InChI is InChI=1S/C36H28N2O2S2/c1-3-37(4-2)24-15-13-23(14-16-24)30-19-21-32(41-30)33-22-20-31(42-33)26-17-18-29-34-27(26)11-8-12-28(34)35(39)38(36(29)40)25-9-6-5-7-10-25/h5-22H,3-4H2,1-2H3. The van der Waals surface area contributed by atoms with Crippen LogP contribution in [0.2, 0.25) is 0 Å². The molecule has 6 heteroatoms. The van der Waals surface area contributed by atoms with Gasteiger partial charge in [-0.05, 0) is 91.0 Å². The van der Waals surface area contributed by atoms with Gasteiger partial charge in [-0.3, -0.25) is 9.59 Å². The van der Waals surface area contributed by atoms with E-state index in [2.05, 4.69) is 67.3 Å². The lowest BCUT2D eigenvalue weighted by molar-refractivity contribution is 0.0893. The number of nitrogens with zero attached hydrogens (tertiary/aromatic N) is 2. The average Bonchev–Trinajstić information content (AvgIpc) is 3.72. The molecule has 1 aliphatic rings. The number of thiophene rings is 2. The van der Waals surface area contributed by atoms with E-state index < -0.39 is 0 Å². The van der Waals surface area contributed by atoms with Crippen molar-refractivity contribution in [3.63, 3.8) is 0 Å². The number of imide groups is 1. The van der Waals surface area contributed by atoms with Crippen LogP contribution in [0.1, 0.15) is 34.6 Å². The number of hydrogen-bond acceptors (Lipinski definition) is 5. The van der Waals surface area contributed by atoms with Crippen LogP contribution in [0.3, 0.4) is 0 Å². The first-order valence-electron chi connectivity index (χ1n) is 14.1. The van der Waals surface area contributed by atoms with Gasteiger partial charge in [0.05, 0.1) is 5.69 Å². The molecule has 42 heavy (non-hydrogen) atoms. The number of carbonyl (C=O) groups is 2. The first-order valence-corrected chi connectivity index (χ1v) is 15.8. The fourth-order valence-corrected chi connectivity index (χ4v) is 7.94. The number of anilines is 2. The molecule has 0 fully saturated rings. The highest BCUT2D eigenvalue weighted by Crippen LogP contribution is 2.44. The number of carbonyl (C=O) groups excluding carboxylic acids is 2. The van der Waals surface area contributed by atoms with Gasteiger partial charge in [0.25, 0.3) is 11.8 Å². The molecule has 0 spiro atoms. The van der Waals surface area contributed by atoms with Gasteiger partial charge in [0.15, 0.2) is 0 Å². The van der Waals surface area contributed by atoms with Gasteiger partial charge in [0, 0.05) is 54.8 Å². The van der Waals surface area contributed by atoms with Gasteiger partial charge < -0.3 is 4.90 Å². The van der Waals surface area contributed by atoms with Crippen molar-refractivity contribution in [3.8, 4) is 30.6 Å². The average molecular weight is 585 g/mol. The van der Waals surface area contributed by atoms with Crippen LogP contribution in [0, 0.1) is 0 Å². The molecule has 6 aromatic rings. The van der Waals surface area contributed by atoms with Gasteiger partial charge >= 0.3 is 0 Å². The van der Waals surface area contributed by atoms with Crippen LogP contribution in [0.15, 0.2) is 109 Å². The second-order valence-electron chi connectivity index (χ2n) is 10.2. The van der Waals surface area contributed by atoms with Crippen molar-refractivity contribution in [3.05, 3.63) is 120 Å². The summed E-state index contributed by atoms with van der Waals surface area (Å²) in [5, 5.41) is 1.66. The van der Waals surface area contributed by atoms with Crippen LogP contribution in [0.25, 0.3) is 41.4 Å². The Morgan fingerprint density at radius 1 is 0.571 bits per heavy atom. The predicted molar refractivity (Wildman–Crippen MR) is 177 cm³/mol. The summed E-state index contributed by atoms with van der Waals surface area (Å²) in [5.74, 6) is -0.575. The fraction of sp³-hybridized carbons (Fsp3) is 0.111. The summed E-state index contributed by atoms with van der Waals surface area (Å²) in [4.78, 5) is 35.5. The molecule has 7 rings (SSSR count). The predicted octanol–water partition coefficient (Wildman–Crippen LogP) is 9.61. The molecule has 0 unspecified atom stereocenters. The van der Waals surface area contributed by atoms with Crippen molar-refractivity contribution >= 4 is 56.6 Å². The van der Waals surface area contributed by atoms with Crippen LogP contribution >= 0.6 is 22.7 Å². The smallest absolute Gasteiger partial charge is 0.265 e.